The molecular formula is C20H14N2O. The summed E-state index contributed by atoms with van der Waals surface area (Å²) in [5, 5.41) is 3.23. The number of pyridine rings is 1. The zero-order valence-corrected chi connectivity index (χ0v) is 12.4. The summed E-state index contributed by atoms with van der Waals surface area (Å²) in [6, 6.07) is 26.2. The minimum atomic E-state index is 0.438. The molecule has 2 aromatic carbocycles. The first-order valence-corrected chi connectivity index (χ1v) is 7.46. The smallest absolute Gasteiger partial charge is 0.189 e. The minimum Gasteiger partial charge on any atom is -0.298 e. The van der Waals surface area contributed by atoms with Crippen LogP contribution in [0.15, 0.2) is 90.2 Å². The average molecular weight is 298 g/mol. The second-order valence-corrected chi connectivity index (χ2v) is 5.41. The van der Waals surface area contributed by atoms with Crippen LogP contribution in [0.2, 0.25) is 0 Å². The lowest BCUT2D eigenvalue weighted by Crippen LogP contribution is -1.81. The second kappa shape index (κ2) is 5.54. The number of hydrogen-bond acceptors (Lipinski definition) is 2. The third-order valence-electron chi connectivity index (χ3n) is 4.04. The monoisotopic (exact) mass is 298 g/mol. The Morgan fingerprint density at radius 3 is 2.09 bits per heavy atom. The van der Waals surface area contributed by atoms with Crippen molar-refractivity contribution in [2.75, 3.05) is 0 Å². The molecule has 2 aromatic heterocycles. The van der Waals surface area contributed by atoms with Gasteiger partial charge in [-0.25, -0.2) is 0 Å². The zero-order chi connectivity index (χ0) is 15.6. The number of rotatable bonds is 3. The maximum atomic E-state index is 11.3. The van der Waals surface area contributed by atoms with Gasteiger partial charge in [-0.2, -0.15) is 0 Å². The van der Waals surface area contributed by atoms with E-state index in [1.807, 2.05) is 65.2 Å². The quantitative estimate of drug-likeness (QED) is 0.448. The molecule has 2 heterocycles. The Kier molecular flexibility index (Phi) is 3.24. The van der Waals surface area contributed by atoms with E-state index in [0.29, 0.717) is 5.82 Å². The summed E-state index contributed by atoms with van der Waals surface area (Å²) >= 11 is 0. The number of nitrogens with zero attached hydrogens (tertiary/aromatic N) is 2. The van der Waals surface area contributed by atoms with E-state index in [0.717, 1.165) is 22.2 Å². The van der Waals surface area contributed by atoms with Crippen molar-refractivity contribution in [1.82, 2.24) is 4.40 Å². The van der Waals surface area contributed by atoms with Gasteiger partial charge in [0.25, 0.3) is 0 Å². The van der Waals surface area contributed by atoms with Crippen molar-refractivity contribution < 1.29 is 0 Å². The van der Waals surface area contributed by atoms with E-state index < -0.39 is 0 Å². The Balaban J connectivity index is 1.81. The molecule has 0 aliphatic rings. The number of aromatic nitrogens is 1. The Morgan fingerprint density at radius 1 is 0.696 bits per heavy atom. The lowest BCUT2D eigenvalue weighted by molar-refractivity contribution is 1.17. The largest absolute Gasteiger partial charge is 0.298 e. The van der Waals surface area contributed by atoms with E-state index >= 15 is 0 Å². The molecule has 0 radical (unpaired) electrons. The molecule has 4 rings (SSSR count). The highest BCUT2D eigenvalue weighted by Crippen LogP contribution is 2.34. The van der Waals surface area contributed by atoms with Gasteiger partial charge in [0.1, 0.15) is 0 Å². The SMILES string of the molecule is O=Nc1c(-c2ccc(-c3ccccc3)cc2)cc2ccccn12. The van der Waals surface area contributed by atoms with Gasteiger partial charge >= 0.3 is 0 Å². The topological polar surface area (TPSA) is 33.8 Å². The minimum absolute atomic E-state index is 0.438. The van der Waals surface area contributed by atoms with Crippen LogP contribution in [0, 0.1) is 4.91 Å². The van der Waals surface area contributed by atoms with E-state index in [-0.39, 0.29) is 0 Å². The van der Waals surface area contributed by atoms with Crippen LogP contribution < -0.4 is 0 Å². The van der Waals surface area contributed by atoms with Crippen LogP contribution in [0.1, 0.15) is 0 Å². The summed E-state index contributed by atoms with van der Waals surface area (Å²) in [5.41, 5.74) is 5.13. The third-order valence-corrected chi connectivity index (χ3v) is 4.04. The van der Waals surface area contributed by atoms with Gasteiger partial charge in [-0.15, -0.1) is 4.91 Å². The molecule has 23 heavy (non-hydrogen) atoms. The summed E-state index contributed by atoms with van der Waals surface area (Å²) in [7, 11) is 0. The third kappa shape index (κ3) is 2.32. The summed E-state index contributed by atoms with van der Waals surface area (Å²) < 4.78 is 1.81. The summed E-state index contributed by atoms with van der Waals surface area (Å²) in [6.07, 6.45) is 1.86. The molecule has 0 fully saturated rings. The van der Waals surface area contributed by atoms with Crippen molar-refractivity contribution in [3.05, 3.63) is 90.0 Å². The van der Waals surface area contributed by atoms with Gasteiger partial charge in [0.15, 0.2) is 5.82 Å². The molecule has 0 N–H and O–H groups in total. The van der Waals surface area contributed by atoms with Crippen molar-refractivity contribution in [3.63, 3.8) is 0 Å². The highest BCUT2D eigenvalue weighted by atomic mass is 16.3. The van der Waals surface area contributed by atoms with E-state index in [4.69, 9.17) is 0 Å². The predicted octanol–water partition coefficient (Wildman–Crippen LogP) is 5.67. The first-order chi connectivity index (χ1) is 11.4. The molecule has 0 bridgehead atoms. The van der Waals surface area contributed by atoms with Crippen LogP contribution >= 0.6 is 0 Å². The molecule has 0 unspecified atom stereocenters. The fourth-order valence-electron chi connectivity index (χ4n) is 2.89. The Labute approximate surface area is 133 Å². The van der Waals surface area contributed by atoms with Crippen molar-refractivity contribution in [2.24, 2.45) is 5.18 Å². The molecule has 0 saturated carbocycles. The lowest BCUT2D eigenvalue weighted by atomic mass is 10.0. The van der Waals surface area contributed by atoms with Gasteiger partial charge in [0, 0.05) is 17.3 Å². The Hall–Kier alpha value is -3.20. The first kappa shape index (κ1) is 13.5. The highest BCUT2D eigenvalue weighted by molar-refractivity contribution is 5.82. The number of hydrogen-bond donors (Lipinski definition) is 0. The van der Waals surface area contributed by atoms with Crippen LogP contribution in [0.3, 0.4) is 0 Å². The zero-order valence-electron chi connectivity index (χ0n) is 12.4. The summed E-state index contributed by atoms with van der Waals surface area (Å²) in [4.78, 5) is 11.3. The van der Waals surface area contributed by atoms with Gasteiger partial charge < -0.3 is 0 Å². The molecule has 0 amide bonds. The lowest BCUT2D eigenvalue weighted by Gasteiger charge is -2.04. The van der Waals surface area contributed by atoms with Crippen molar-refractivity contribution in [2.45, 2.75) is 0 Å². The van der Waals surface area contributed by atoms with Gasteiger partial charge in [-0.1, -0.05) is 60.7 Å². The van der Waals surface area contributed by atoms with Gasteiger partial charge in [-0.3, -0.25) is 4.40 Å². The molecule has 0 atom stereocenters. The van der Waals surface area contributed by atoms with Gasteiger partial charge in [-0.05, 0) is 40.1 Å². The molecule has 110 valence electrons. The van der Waals surface area contributed by atoms with E-state index in [9.17, 15) is 4.91 Å². The van der Waals surface area contributed by atoms with E-state index in [1.54, 1.807) is 0 Å². The first-order valence-electron chi connectivity index (χ1n) is 7.46. The van der Waals surface area contributed by atoms with Crippen LogP contribution in [-0.4, -0.2) is 4.40 Å². The van der Waals surface area contributed by atoms with Crippen molar-refractivity contribution in [3.8, 4) is 22.3 Å². The summed E-state index contributed by atoms with van der Waals surface area (Å²) in [5.74, 6) is 0.438. The van der Waals surface area contributed by atoms with E-state index in [2.05, 4.69) is 29.4 Å². The predicted molar refractivity (Wildman–Crippen MR) is 93.7 cm³/mol. The second-order valence-electron chi connectivity index (χ2n) is 5.41. The standard InChI is InChI=1S/C20H14N2O/c23-21-20-19(14-18-8-4-5-13-22(18)20)17-11-9-16(10-12-17)15-6-2-1-3-7-15/h1-14H. The highest BCUT2D eigenvalue weighted by Gasteiger charge is 2.12. The number of fused-ring (bicyclic) bond motifs is 1. The normalized spacial score (nSPS) is 10.8. The maximum Gasteiger partial charge on any atom is 0.189 e. The molecule has 0 spiro atoms. The molecule has 4 aromatic rings. The van der Waals surface area contributed by atoms with E-state index in [1.165, 1.54) is 5.56 Å². The Bertz CT molecular complexity index is 970. The van der Waals surface area contributed by atoms with Crippen molar-refractivity contribution >= 4 is 11.3 Å². The van der Waals surface area contributed by atoms with Crippen LogP contribution in [0.5, 0.6) is 0 Å². The maximum absolute atomic E-state index is 11.3. The fourth-order valence-corrected chi connectivity index (χ4v) is 2.89. The van der Waals surface area contributed by atoms with Crippen LogP contribution in [-0.2, 0) is 0 Å². The van der Waals surface area contributed by atoms with Gasteiger partial charge in [0.05, 0.1) is 0 Å². The molecule has 3 heteroatoms. The molecule has 3 nitrogen and oxygen atoms in total. The average Bonchev–Trinajstić information content (AvgIpc) is 3.01. The van der Waals surface area contributed by atoms with Crippen LogP contribution in [0.25, 0.3) is 27.8 Å². The van der Waals surface area contributed by atoms with Crippen LogP contribution in [0.4, 0.5) is 5.82 Å². The van der Waals surface area contributed by atoms with Gasteiger partial charge in [0.2, 0.25) is 0 Å². The molecule has 0 aliphatic heterocycles. The molecule has 0 saturated heterocycles. The number of benzene rings is 2. The summed E-state index contributed by atoms with van der Waals surface area (Å²) in [6.45, 7) is 0. The number of nitroso groups, excluding NO2 is 1. The Morgan fingerprint density at radius 2 is 1.35 bits per heavy atom. The van der Waals surface area contributed by atoms with Crippen molar-refractivity contribution in [1.29, 1.82) is 0 Å². The molecular weight excluding hydrogens is 284 g/mol. The molecule has 0 aliphatic carbocycles. The fraction of sp³-hybridized carbons (Fsp3) is 0.